The monoisotopic (exact) mass is 430 g/mol. The Labute approximate surface area is 187 Å². The summed E-state index contributed by atoms with van der Waals surface area (Å²) in [6.07, 6.45) is 2.59. The predicted octanol–water partition coefficient (Wildman–Crippen LogP) is 5.58. The number of allylic oxidation sites excluding steroid dienone is 2. The van der Waals surface area contributed by atoms with Gasteiger partial charge >= 0.3 is 0 Å². The second-order valence-corrected chi connectivity index (χ2v) is 9.63. The number of carbonyl (C=O) groups excluding carboxylic acids is 1. The smallest absolute Gasteiger partial charge is 0.164 e. The van der Waals surface area contributed by atoms with E-state index in [4.69, 9.17) is 0 Å². The quantitative estimate of drug-likeness (QED) is 0.692. The Morgan fingerprint density at radius 1 is 1.19 bits per heavy atom. The molecule has 3 heterocycles. The maximum atomic E-state index is 15.7. The molecule has 2 aromatic rings. The zero-order valence-electron chi connectivity index (χ0n) is 18.8. The summed E-state index contributed by atoms with van der Waals surface area (Å²) in [6.45, 7) is 7.63. The van der Waals surface area contributed by atoms with Gasteiger partial charge in [0.1, 0.15) is 6.17 Å². The Hall–Kier alpha value is -3.15. The molecule has 0 amide bonds. The van der Waals surface area contributed by atoms with Crippen LogP contribution in [0.1, 0.15) is 44.9 Å². The van der Waals surface area contributed by atoms with Gasteiger partial charge in [-0.3, -0.25) is 9.78 Å². The van der Waals surface area contributed by atoms with Crippen molar-refractivity contribution in [2.45, 2.75) is 58.3 Å². The van der Waals surface area contributed by atoms with E-state index in [-0.39, 0.29) is 12.2 Å². The molecule has 5 rings (SSSR count). The number of hydrogen-bond acceptors (Lipinski definition) is 5. The van der Waals surface area contributed by atoms with Crippen LogP contribution in [0.5, 0.6) is 0 Å². The van der Waals surface area contributed by atoms with Gasteiger partial charge in [-0.2, -0.15) is 10.2 Å². The molecule has 1 aromatic heterocycles. The van der Waals surface area contributed by atoms with Gasteiger partial charge in [0.15, 0.2) is 11.9 Å². The minimum atomic E-state index is -1.27. The van der Waals surface area contributed by atoms with Crippen molar-refractivity contribution in [3.05, 3.63) is 76.9 Å². The van der Waals surface area contributed by atoms with Gasteiger partial charge in [-0.05, 0) is 48.2 Å². The van der Waals surface area contributed by atoms with Crippen LogP contribution >= 0.6 is 0 Å². The van der Waals surface area contributed by atoms with Crippen molar-refractivity contribution in [3.63, 3.8) is 0 Å². The molecule has 1 aliphatic carbocycles. The number of nitrogens with one attached hydrogen (secondary N) is 1. The van der Waals surface area contributed by atoms with E-state index < -0.39 is 23.2 Å². The van der Waals surface area contributed by atoms with Gasteiger partial charge in [0.2, 0.25) is 0 Å². The highest BCUT2D eigenvalue weighted by molar-refractivity contribution is 6.02. The average molecular weight is 431 g/mol. The number of Topliss-reactive ketones (excluding diaryl/α,β-unsaturated/α-hetero) is 1. The number of ketones is 1. The molecular formula is C26H27FN4O. The zero-order chi connectivity index (χ0) is 22.7. The number of rotatable bonds is 3. The maximum Gasteiger partial charge on any atom is 0.164 e. The topological polar surface area (TPSA) is 66.7 Å². The number of azo groups is 1. The Morgan fingerprint density at radius 2 is 1.97 bits per heavy atom. The first-order chi connectivity index (χ1) is 15.3. The van der Waals surface area contributed by atoms with Crippen molar-refractivity contribution < 1.29 is 9.18 Å². The summed E-state index contributed by atoms with van der Waals surface area (Å²) < 4.78 is 15.7. The first kappa shape index (κ1) is 20.7. The third-order valence-corrected chi connectivity index (χ3v) is 7.10. The van der Waals surface area contributed by atoms with Gasteiger partial charge < -0.3 is 5.32 Å². The highest BCUT2D eigenvalue weighted by atomic mass is 19.1. The summed E-state index contributed by atoms with van der Waals surface area (Å²) in [5.41, 5.74) is 4.26. The standard InChI is InChI=1S/C26H27FN4O/c1-5-26(18-8-6-7-16(12-18)17-9-10-28-15(2)11-17)19-14-29-31-24(19)30-22-21(26)20(32)13-25(3,4)23(22)27/h6-12,14,23-24,30H,5,13H2,1-4H3/t23-,24?,26+/m0/s1. The van der Waals surface area contributed by atoms with Crippen molar-refractivity contribution >= 4 is 5.78 Å². The molecule has 0 fully saturated rings. The Kier molecular flexibility index (Phi) is 4.66. The van der Waals surface area contributed by atoms with E-state index in [1.54, 1.807) is 12.4 Å². The number of nitrogens with zero attached hydrogens (tertiary/aromatic N) is 3. The summed E-state index contributed by atoms with van der Waals surface area (Å²) in [6, 6.07) is 12.2. The number of alkyl halides is 1. The molecule has 2 aliphatic heterocycles. The number of hydrogen-bond donors (Lipinski definition) is 1. The molecule has 164 valence electrons. The van der Waals surface area contributed by atoms with Crippen LogP contribution in [0.4, 0.5) is 4.39 Å². The third kappa shape index (κ3) is 2.89. The van der Waals surface area contributed by atoms with Gasteiger partial charge in [-0.15, -0.1) is 0 Å². The molecule has 32 heavy (non-hydrogen) atoms. The first-order valence-electron chi connectivity index (χ1n) is 11.1. The van der Waals surface area contributed by atoms with Crippen molar-refractivity contribution in [2.75, 3.05) is 0 Å². The fraction of sp³-hybridized carbons (Fsp3) is 0.385. The lowest BCUT2D eigenvalue weighted by molar-refractivity contribution is -0.120. The predicted molar refractivity (Wildman–Crippen MR) is 122 cm³/mol. The van der Waals surface area contributed by atoms with E-state index in [0.717, 1.165) is 28.0 Å². The average Bonchev–Trinajstić information content (AvgIpc) is 3.25. The number of carbonyl (C=O) groups is 1. The summed E-state index contributed by atoms with van der Waals surface area (Å²) in [7, 11) is 0. The molecular weight excluding hydrogens is 403 g/mol. The van der Waals surface area contributed by atoms with Crippen molar-refractivity contribution in [1.29, 1.82) is 0 Å². The number of halogens is 1. The summed E-state index contributed by atoms with van der Waals surface area (Å²) in [5.74, 6) is -0.00958. The van der Waals surface area contributed by atoms with Crippen molar-refractivity contribution in [2.24, 2.45) is 15.6 Å². The lowest BCUT2D eigenvalue weighted by Crippen LogP contribution is -2.55. The van der Waals surface area contributed by atoms with Gasteiger partial charge in [0.25, 0.3) is 0 Å². The fourth-order valence-corrected chi connectivity index (χ4v) is 5.49. The van der Waals surface area contributed by atoms with Crippen molar-refractivity contribution in [3.8, 4) is 11.1 Å². The van der Waals surface area contributed by atoms with Crippen LogP contribution in [-0.4, -0.2) is 23.1 Å². The Bertz CT molecular complexity index is 1210. The Balaban J connectivity index is 1.76. The normalized spacial score (nSPS) is 28.2. The molecule has 1 unspecified atom stereocenters. The molecule has 3 aliphatic rings. The lowest BCUT2D eigenvalue weighted by Gasteiger charge is -2.49. The zero-order valence-corrected chi connectivity index (χ0v) is 18.8. The maximum absolute atomic E-state index is 15.7. The van der Waals surface area contributed by atoms with E-state index in [1.807, 2.05) is 45.0 Å². The van der Waals surface area contributed by atoms with Gasteiger partial charge in [-0.1, -0.05) is 39.0 Å². The number of pyridine rings is 1. The van der Waals surface area contributed by atoms with Crippen molar-refractivity contribution in [1.82, 2.24) is 10.3 Å². The second-order valence-electron chi connectivity index (χ2n) is 9.63. The first-order valence-corrected chi connectivity index (χ1v) is 11.1. The molecule has 0 saturated heterocycles. The summed E-state index contributed by atoms with van der Waals surface area (Å²) >= 11 is 0. The lowest BCUT2D eigenvalue weighted by atomic mass is 9.58. The van der Waals surface area contributed by atoms with E-state index in [2.05, 4.69) is 39.6 Å². The minimum Gasteiger partial charge on any atom is -0.359 e. The molecule has 3 atom stereocenters. The molecule has 0 spiro atoms. The number of aryl methyl sites for hydroxylation is 1. The largest absolute Gasteiger partial charge is 0.359 e. The van der Waals surface area contributed by atoms with Gasteiger partial charge in [-0.25, -0.2) is 4.39 Å². The van der Waals surface area contributed by atoms with E-state index in [1.165, 1.54) is 0 Å². The summed E-state index contributed by atoms with van der Waals surface area (Å²) in [5, 5.41) is 11.7. The number of aromatic nitrogens is 1. The SMILES string of the molecule is CC[C@@]1(c2cccc(-c3ccnc(C)c3)c2)C2=CN=NC2NC2=C1C(=O)CC(C)(C)[C@H]2F. The fourth-order valence-electron chi connectivity index (χ4n) is 5.49. The molecule has 0 saturated carbocycles. The molecule has 0 bridgehead atoms. The minimum absolute atomic E-state index is 0.00958. The van der Waals surface area contributed by atoms with Gasteiger partial charge in [0, 0.05) is 34.9 Å². The highest BCUT2D eigenvalue weighted by Gasteiger charge is 2.56. The highest BCUT2D eigenvalue weighted by Crippen LogP contribution is 2.54. The molecule has 0 radical (unpaired) electrons. The molecule has 1 N–H and O–H groups in total. The molecule has 1 aromatic carbocycles. The number of benzene rings is 1. The van der Waals surface area contributed by atoms with Crippen LogP contribution in [0, 0.1) is 12.3 Å². The number of fused-ring (bicyclic) bond motifs is 1. The van der Waals surface area contributed by atoms with Crippen LogP contribution in [0.25, 0.3) is 11.1 Å². The van der Waals surface area contributed by atoms with E-state index in [0.29, 0.717) is 17.7 Å². The molecule has 5 nitrogen and oxygen atoms in total. The van der Waals surface area contributed by atoms with Crippen LogP contribution in [0.3, 0.4) is 0 Å². The summed E-state index contributed by atoms with van der Waals surface area (Å²) in [4.78, 5) is 17.9. The van der Waals surface area contributed by atoms with Crippen LogP contribution < -0.4 is 5.32 Å². The van der Waals surface area contributed by atoms with E-state index >= 15 is 4.39 Å². The van der Waals surface area contributed by atoms with Gasteiger partial charge in [0.05, 0.1) is 17.3 Å². The third-order valence-electron chi connectivity index (χ3n) is 7.10. The van der Waals surface area contributed by atoms with Crippen LogP contribution in [0.15, 0.2) is 75.9 Å². The van der Waals surface area contributed by atoms with Crippen LogP contribution in [0.2, 0.25) is 0 Å². The van der Waals surface area contributed by atoms with Crippen LogP contribution in [-0.2, 0) is 10.2 Å². The van der Waals surface area contributed by atoms with E-state index in [9.17, 15) is 4.79 Å². The second kappa shape index (κ2) is 7.19. The molecule has 6 heteroatoms. The Morgan fingerprint density at radius 3 is 2.72 bits per heavy atom.